The minimum absolute atomic E-state index is 0.358. The Morgan fingerprint density at radius 2 is 2.00 bits per heavy atom. The van der Waals surface area contributed by atoms with Gasteiger partial charge in [-0.25, -0.2) is 0 Å². The maximum absolute atomic E-state index is 9.27. The molecule has 1 rings (SSSR count). The normalized spacial score (nSPS) is 15.4. The Morgan fingerprint density at radius 3 is 2.46 bits per heavy atom. The highest BCUT2D eigenvalue weighted by Gasteiger charge is 2.12. The van der Waals surface area contributed by atoms with Gasteiger partial charge < -0.3 is 16.6 Å². The van der Waals surface area contributed by atoms with Crippen molar-refractivity contribution in [2.45, 2.75) is 26.0 Å². The van der Waals surface area contributed by atoms with E-state index in [0.29, 0.717) is 5.69 Å². The molecule has 0 amide bonds. The van der Waals surface area contributed by atoms with Crippen LogP contribution < -0.4 is 11.5 Å². The lowest BCUT2D eigenvalue weighted by molar-refractivity contribution is 0.164. The van der Waals surface area contributed by atoms with Crippen molar-refractivity contribution in [3.63, 3.8) is 0 Å². The quantitative estimate of drug-likeness (QED) is 0.593. The van der Waals surface area contributed by atoms with Gasteiger partial charge in [0.05, 0.1) is 12.1 Å². The fraction of sp³-hybridized carbons (Fsp3) is 0.400. The summed E-state index contributed by atoms with van der Waals surface area (Å²) in [6, 6.07) is 5.26. The first-order valence-corrected chi connectivity index (χ1v) is 4.32. The van der Waals surface area contributed by atoms with Crippen LogP contribution in [0.2, 0.25) is 0 Å². The van der Waals surface area contributed by atoms with Crippen molar-refractivity contribution in [1.82, 2.24) is 0 Å². The van der Waals surface area contributed by atoms with Crippen LogP contribution in [0.3, 0.4) is 0 Å². The Labute approximate surface area is 78.4 Å². The minimum Gasteiger partial charge on any atom is -0.399 e. The second-order valence-corrected chi connectivity index (χ2v) is 3.38. The van der Waals surface area contributed by atoms with Crippen molar-refractivity contribution < 1.29 is 5.11 Å². The zero-order chi connectivity index (χ0) is 10.0. The molecule has 0 aliphatic carbocycles. The topological polar surface area (TPSA) is 72.3 Å². The molecule has 0 radical (unpaired) electrons. The lowest BCUT2D eigenvalue weighted by Crippen LogP contribution is -2.23. The van der Waals surface area contributed by atoms with Gasteiger partial charge in [-0.1, -0.05) is 12.1 Å². The number of nitrogen functional groups attached to an aromatic ring is 1. The third-order valence-corrected chi connectivity index (χ3v) is 2.21. The van der Waals surface area contributed by atoms with Crippen molar-refractivity contribution in [2.24, 2.45) is 5.73 Å². The fourth-order valence-electron chi connectivity index (χ4n) is 1.14. The Bertz CT molecular complexity index is 297. The van der Waals surface area contributed by atoms with E-state index < -0.39 is 6.10 Å². The summed E-state index contributed by atoms with van der Waals surface area (Å²) in [5.74, 6) is 0. The lowest BCUT2D eigenvalue weighted by Gasteiger charge is -2.15. The Balaban J connectivity index is 2.97. The molecule has 0 fully saturated rings. The van der Waals surface area contributed by atoms with Crippen LogP contribution >= 0.6 is 0 Å². The van der Waals surface area contributed by atoms with Gasteiger partial charge in [-0.2, -0.15) is 0 Å². The Kier molecular flexibility index (Phi) is 2.90. The second kappa shape index (κ2) is 3.77. The van der Waals surface area contributed by atoms with Gasteiger partial charge in [0, 0.05) is 5.69 Å². The molecule has 1 aromatic carbocycles. The first-order valence-electron chi connectivity index (χ1n) is 4.32. The second-order valence-electron chi connectivity index (χ2n) is 3.38. The molecular formula is C10H16N2O. The van der Waals surface area contributed by atoms with E-state index >= 15 is 0 Å². The van der Waals surface area contributed by atoms with E-state index in [2.05, 4.69) is 0 Å². The lowest BCUT2D eigenvalue weighted by atomic mass is 10.0. The maximum atomic E-state index is 9.27. The van der Waals surface area contributed by atoms with Gasteiger partial charge in [0.1, 0.15) is 0 Å². The minimum atomic E-state index is -0.554. The highest BCUT2D eigenvalue weighted by atomic mass is 16.3. The van der Waals surface area contributed by atoms with Crippen molar-refractivity contribution in [1.29, 1.82) is 0 Å². The summed E-state index contributed by atoms with van der Waals surface area (Å²) in [6.07, 6.45) is -0.554. The fourth-order valence-corrected chi connectivity index (χ4v) is 1.14. The van der Waals surface area contributed by atoms with Crippen molar-refractivity contribution in [2.75, 3.05) is 5.73 Å². The first-order chi connectivity index (χ1) is 6.02. The Hall–Kier alpha value is -1.06. The van der Waals surface area contributed by atoms with Crippen LogP contribution in [0.25, 0.3) is 0 Å². The molecule has 0 heterocycles. The van der Waals surface area contributed by atoms with Gasteiger partial charge in [0.25, 0.3) is 0 Å². The molecule has 2 atom stereocenters. The number of hydrogen-bond acceptors (Lipinski definition) is 3. The van der Waals surface area contributed by atoms with Crippen LogP contribution in [-0.2, 0) is 0 Å². The summed E-state index contributed by atoms with van der Waals surface area (Å²) in [4.78, 5) is 0. The van der Waals surface area contributed by atoms with E-state index in [1.54, 1.807) is 6.92 Å². The van der Waals surface area contributed by atoms with Gasteiger partial charge in [-0.3, -0.25) is 0 Å². The van der Waals surface area contributed by atoms with Gasteiger partial charge in [0.2, 0.25) is 0 Å². The van der Waals surface area contributed by atoms with Crippen molar-refractivity contribution in [3.05, 3.63) is 29.3 Å². The van der Waals surface area contributed by atoms with Crippen LogP contribution in [-0.4, -0.2) is 11.2 Å². The average Bonchev–Trinajstić information content (AvgIpc) is 2.08. The highest BCUT2D eigenvalue weighted by molar-refractivity contribution is 5.49. The third kappa shape index (κ3) is 2.20. The molecular weight excluding hydrogens is 164 g/mol. The molecule has 3 nitrogen and oxygen atoms in total. The van der Waals surface area contributed by atoms with Gasteiger partial charge >= 0.3 is 0 Å². The largest absolute Gasteiger partial charge is 0.399 e. The molecule has 72 valence electrons. The Morgan fingerprint density at radius 1 is 1.38 bits per heavy atom. The van der Waals surface area contributed by atoms with E-state index in [1.165, 1.54) is 0 Å². The molecule has 0 bridgehead atoms. The predicted molar refractivity (Wildman–Crippen MR) is 54.2 cm³/mol. The zero-order valence-electron chi connectivity index (χ0n) is 7.99. The summed E-state index contributed by atoms with van der Waals surface area (Å²) < 4.78 is 0. The molecule has 0 aromatic heterocycles. The summed E-state index contributed by atoms with van der Waals surface area (Å²) in [7, 11) is 0. The molecule has 0 saturated heterocycles. The number of anilines is 1. The van der Waals surface area contributed by atoms with Crippen LogP contribution in [0, 0.1) is 6.92 Å². The van der Waals surface area contributed by atoms with Crippen LogP contribution in [0.1, 0.15) is 24.1 Å². The van der Waals surface area contributed by atoms with Gasteiger partial charge in [-0.15, -0.1) is 0 Å². The van der Waals surface area contributed by atoms with Crippen LogP contribution in [0.15, 0.2) is 18.2 Å². The first kappa shape index (κ1) is 10.0. The molecule has 0 saturated carbocycles. The highest BCUT2D eigenvalue weighted by Crippen LogP contribution is 2.19. The summed E-state index contributed by atoms with van der Waals surface area (Å²) in [5.41, 5.74) is 14.1. The summed E-state index contributed by atoms with van der Waals surface area (Å²) >= 11 is 0. The molecule has 0 aliphatic heterocycles. The summed E-state index contributed by atoms with van der Waals surface area (Å²) in [5, 5.41) is 9.27. The molecule has 1 aromatic rings. The number of nitrogens with two attached hydrogens (primary N) is 2. The standard InChI is InChI=1S/C10H16N2O/c1-6-3-4-8(5-9(6)11)10(12)7(2)13/h3-5,7,10,13H,11-12H2,1-2H3/t7?,10-/m1/s1. The number of aliphatic hydroxyl groups is 1. The average molecular weight is 180 g/mol. The number of hydrogen-bond donors (Lipinski definition) is 3. The molecule has 3 heteroatoms. The van der Waals surface area contributed by atoms with Crippen LogP contribution in [0.5, 0.6) is 0 Å². The SMILES string of the molecule is Cc1ccc([C@H](N)C(C)O)cc1N. The molecule has 0 aliphatic rings. The molecule has 0 spiro atoms. The number of aryl methyl sites for hydroxylation is 1. The van der Waals surface area contributed by atoms with E-state index in [1.807, 2.05) is 25.1 Å². The van der Waals surface area contributed by atoms with E-state index in [4.69, 9.17) is 11.5 Å². The van der Waals surface area contributed by atoms with E-state index in [0.717, 1.165) is 11.1 Å². The molecule has 13 heavy (non-hydrogen) atoms. The maximum Gasteiger partial charge on any atom is 0.0704 e. The molecule has 5 N–H and O–H groups in total. The predicted octanol–water partition coefficient (Wildman–Crippen LogP) is 0.958. The van der Waals surface area contributed by atoms with Crippen LogP contribution in [0.4, 0.5) is 5.69 Å². The zero-order valence-corrected chi connectivity index (χ0v) is 7.99. The molecule has 1 unspecified atom stereocenters. The number of rotatable bonds is 2. The van der Waals surface area contributed by atoms with Crippen molar-refractivity contribution in [3.8, 4) is 0 Å². The monoisotopic (exact) mass is 180 g/mol. The van der Waals surface area contributed by atoms with Crippen molar-refractivity contribution >= 4 is 5.69 Å². The third-order valence-electron chi connectivity index (χ3n) is 2.21. The van der Waals surface area contributed by atoms with E-state index in [-0.39, 0.29) is 6.04 Å². The van der Waals surface area contributed by atoms with E-state index in [9.17, 15) is 5.11 Å². The summed E-state index contributed by atoms with van der Waals surface area (Å²) in [6.45, 7) is 3.60. The van der Waals surface area contributed by atoms with Gasteiger partial charge in [-0.05, 0) is 31.0 Å². The van der Waals surface area contributed by atoms with Gasteiger partial charge in [0.15, 0.2) is 0 Å². The number of benzene rings is 1. The smallest absolute Gasteiger partial charge is 0.0704 e. The number of aliphatic hydroxyl groups excluding tert-OH is 1.